The molecule has 0 N–H and O–H groups in total. The van der Waals surface area contributed by atoms with E-state index in [1.165, 1.54) is 0 Å². The zero-order valence-corrected chi connectivity index (χ0v) is 25.8. The first-order valence-corrected chi connectivity index (χ1v) is 14.8. The van der Waals surface area contributed by atoms with Gasteiger partial charge in [-0.15, -0.1) is 0 Å². The van der Waals surface area contributed by atoms with Crippen molar-refractivity contribution in [3.8, 4) is 45.5 Å². The molecular formula is C38H30N4O4. The van der Waals surface area contributed by atoms with Crippen LogP contribution in [-0.2, 0) is 0 Å². The topological polar surface area (TPSA) is 72.6 Å². The minimum atomic E-state index is 0.789. The standard InChI is InChI=1S/C38H30N4O4/c1-43-23-5-9-33-29(17-23)30-18-24(44-2)6-10-34(30)41(33)37-21-39-15-13-27(37)28-14-16-40-22-38(28)42-35-11-7-25(45-3)19-31(35)32-20-26(46-4)8-12-36(32)42/h5-22H,1-4H3. The first-order chi connectivity index (χ1) is 22.6. The lowest BCUT2D eigenvalue weighted by Crippen LogP contribution is -2.02. The maximum Gasteiger partial charge on any atom is 0.119 e. The highest BCUT2D eigenvalue weighted by Gasteiger charge is 2.21. The maximum absolute atomic E-state index is 5.61. The summed E-state index contributed by atoms with van der Waals surface area (Å²) in [4.78, 5) is 9.24. The van der Waals surface area contributed by atoms with Gasteiger partial charge in [-0.1, -0.05) is 0 Å². The lowest BCUT2D eigenvalue weighted by Gasteiger charge is -2.17. The summed E-state index contributed by atoms with van der Waals surface area (Å²) in [5.74, 6) is 3.15. The molecule has 4 aromatic heterocycles. The lowest BCUT2D eigenvalue weighted by molar-refractivity contribution is 0.415. The Morgan fingerprint density at radius 1 is 0.413 bits per heavy atom. The number of methoxy groups -OCH3 is 4. The summed E-state index contributed by atoms with van der Waals surface area (Å²) >= 11 is 0. The summed E-state index contributed by atoms with van der Waals surface area (Å²) in [7, 11) is 6.75. The van der Waals surface area contributed by atoms with Gasteiger partial charge in [-0.05, 0) is 84.9 Å². The summed E-state index contributed by atoms with van der Waals surface area (Å²) in [6.07, 6.45) is 7.53. The van der Waals surface area contributed by atoms with Crippen molar-refractivity contribution in [1.82, 2.24) is 19.1 Å². The summed E-state index contributed by atoms with van der Waals surface area (Å²) in [5.41, 5.74) is 8.03. The van der Waals surface area contributed by atoms with E-state index in [9.17, 15) is 0 Å². The first-order valence-electron chi connectivity index (χ1n) is 14.8. The molecule has 0 fully saturated rings. The van der Waals surface area contributed by atoms with E-state index in [0.717, 1.165) is 89.1 Å². The predicted octanol–water partition coefficient (Wildman–Crippen LogP) is 8.37. The quantitative estimate of drug-likeness (QED) is 0.182. The lowest BCUT2D eigenvalue weighted by atomic mass is 10.0. The molecule has 8 heteroatoms. The van der Waals surface area contributed by atoms with E-state index < -0.39 is 0 Å². The molecule has 0 saturated carbocycles. The fourth-order valence-electron chi connectivity index (χ4n) is 6.57. The maximum atomic E-state index is 5.61. The third-order valence-electron chi connectivity index (χ3n) is 8.73. The Balaban J connectivity index is 1.43. The van der Waals surface area contributed by atoms with Gasteiger partial charge in [0.2, 0.25) is 0 Å². The van der Waals surface area contributed by atoms with E-state index >= 15 is 0 Å². The minimum absolute atomic E-state index is 0.789. The molecule has 4 aromatic carbocycles. The van der Waals surface area contributed by atoms with Crippen LogP contribution in [-0.4, -0.2) is 47.5 Å². The number of fused-ring (bicyclic) bond motifs is 6. The Morgan fingerprint density at radius 2 is 0.717 bits per heavy atom. The number of benzene rings is 4. The third-order valence-corrected chi connectivity index (χ3v) is 8.73. The molecule has 0 aliphatic carbocycles. The number of hydrogen-bond acceptors (Lipinski definition) is 6. The van der Waals surface area contributed by atoms with Crippen LogP contribution in [0.2, 0.25) is 0 Å². The second-order valence-corrected chi connectivity index (χ2v) is 11.0. The van der Waals surface area contributed by atoms with E-state index in [1.54, 1.807) is 28.4 Å². The average Bonchev–Trinajstić information content (AvgIpc) is 3.62. The van der Waals surface area contributed by atoms with Gasteiger partial charge < -0.3 is 28.1 Å². The average molecular weight is 607 g/mol. The Kier molecular flexibility index (Phi) is 6.49. The highest BCUT2D eigenvalue weighted by atomic mass is 16.5. The zero-order chi connectivity index (χ0) is 31.4. The van der Waals surface area contributed by atoms with Gasteiger partial charge in [-0.25, -0.2) is 0 Å². The van der Waals surface area contributed by atoms with Crippen molar-refractivity contribution in [2.45, 2.75) is 0 Å². The smallest absolute Gasteiger partial charge is 0.119 e. The number of rotatable bonds is 7. The second kappa shape index (κ2) is 10.9. The van der Waals surface area contributed by atoms with E-state index in [0.29, 0.717) is 0 Å². The van der Waals surface area contributed by atoms with Gasteiger partial charge in [-0.3, -0.25) is 9.97 Å². The molecule has 0 unspecified atom stereocenters. The molecule has 0 radical (unpaired) electrons. The Morgan fingerprint density at radius 3 is 1.00 bits per heavy atom. The van der Waals surface area contributed by atoms with Gasteiger partial charge in [0.05, 0.1) is 74.3 Å². The second-order valence-electron chi connectivity index (χ2n) is 11.0. The summed E-state index contributed by atoms with van der Waals surface area (Å²) in [5, 5.41) is 4.23. The van der Waals surface area contributed by atoms with Crippen LogP contribution in [0.1, 0.15) is 0 Å². The van der Waals surface area contributed by atoms with E-state index in [-0.39, 0.29) is 0 Å². The summed E-state index contributed by atoms with van der Waals surface area (Å²) < 4.78 is 27.0. The first kappa shape index (κ1) is 27.5. The van der Waals surface area contributed by atoms with Crippen LogP contribution in [0.25, 0.3) is 66.1 Å². The molecule has 0 saturated heterocycles. The number of pyridine rings is 2. The summed E-state index contributed by atoms with van der Waals surface area (Å²) in [6.45, 7) is 0. The molecule has 226 valence electrons. The zero-order valence-electron chi connectivity index (χ0n) is 25.8. The number of aromatic nitrogens is 4. The van der Waals surface area contributed by atoms with E-state index in [1.807, 2.05) is 49.1 Å². The molecule has 4 heterocycles. The molecule has 0 atom stereocenters. The molecule has 0 spiro atoms. The van der Waals surface area contributed by atoms with Crippen LogP contribution in [0.4, 0.5) is 0 Å². The largest absolute Gasteiger partial charge is 0.497 e. The Labute approximate surface area is 265 Å². The summed E-state index contributed by atoms with van der Waals surface area (Å²) in [6, 6.07) is 28.8. The molecule has 8 rings (SSSR count). The van der Waals surface area contributed by atoms with Crippen molar-refractivity contribution in [1.29, 1.82) is 0 Å². The van der Waals surface area contributed by atoms with Crippen molar-refractivity contribution < 1.29 is 18.9 Å². The van der Waals surface area contributed by atoms with Gasteiger partial charge in [-0.2, -0.15) is 0 Å². The van der Waals surface area contributed by atoms with Crippen LogP contribution < -0.4 is 18.9 Å². The molecule has 8 nitrogen and oxygen atoms in total. The third kappa shape index (κ3) is 4.14. The highest BCUT2D eigenvalue weighted by molar-refractivity contribution is 6.12. The van der Waals surface area contributed by atoms with Crippen LogP contribution in [0, 0.1) is 0 Å². The van der Waals surface area contributed by atoms with Crippen LogP contribution in [0.5, 0.6) is 23.0 Å². The van der Waals surface area contributed by atoms with Crippen molar-refractivity contribution >= 4 is 43.6 Å². The Bertz CT molecular complexity index is 2150. The number of nitrogens with zero attached hydrogens (tertiary/aromatic N) is 4. The minimum Gasteiger partial charge on any atom is -0.497 e. The Hall–Kier alpha value is -6.02. The van der Waals surface area contributed by atoms with E-state index in [4.69, 9.17) is 18.9 Å². The molecule has 8 aromatic rings. The molecular weight excluding hydrogens is 576 g/mol. The van der Waals surface area contributed by atoms with Gasteiger partial charge in [0.25, 0.3) is 0 Å². The molecule has 0 aliphatic rings. The molecule has 46 heavy (non-hydrogen) atoms. The van der Waals surface area contributed by atoms with E-state index in [2.05, 4.69) is 79.8 Å². The van der Waals surface area contributed by atoms with Crippen molar-refractivity contribution in [3.63, 3.8) is 0 Å². The van der Waals surface area contributed by atoms with Gasteiger partial charge in [0.1, 0.15) is 23.0 Å². The number of hydrogen-bond donors (Lipinski definition) is 0. The van der Waals surface area contributed by atoms with Crippen molar-refractivity contribution in [2.75, 3.05) is 28.4 Å². The molecule has 0 bridgehead atoms. The van der Waals surface area contributed by atoms with Crippen molar-refractivity contribution in [2.24, 2.45) is 0 Å². The monoisotopic (exact) mass is 606 g/mol. The normalized spacial score (nSPS) is 11.5. The fourth-order valence-corrected chi connectivity index (χ4v) is 6.57. The van der Waals surface area contributed by atoms with Crippen LogP contribution >= 0.6 is 0 Å². The van der Waals surface area contributed by atoms with Crippen LogP contribution in [0.3, 0.4) is 0 Å². The van der Waals surface area contributed by atoms with Crippen LogP contribution in [0.15, 0.2) is 110 Å². The fraction of sp³-hybridized carbons (Fsp3) is 0.105. The van der Waals surface area contributed by atoms with Gasteiger partial charge in [0, 0.05) is 45.1 Å². The molecule has 0 amide bonds. The van der Waals surface area contributed by atoms with Gasteiger partial charge >= 0.3 is 0 Å². The van der Waals surface area contributed by atoms with Crippen molar-refractivity contribution in [3.05, 3.63) is 110 Å². The predicted molar refractivity (Wildman–Crippen MR) is 182 cm³/mol. The highest BCUT2D eigenvalue weighted by Crippen LogP contribution is 2.42. The van der Waals surface area contributed by atoms with Gasteiger partial charge in [0.15, 0.2) is 0 Å². The number of ether oxygens (including phenoxy) is 4. The molecule has 0 aliphatic heterocycles. The SMILES string of the molecule is COc1ccc2c(c1)c1cc(OC)ccc1n2-c1cnccc1-c1ccncc1-n1c2ccc(OC)cc2c2cc(OC)ccc21.